The van der Waals surface area contributed by atoms with Crippen LogP contribution >= 0.6 is 15.9 Å². The van der Waals surface area contributed by atoms with Crippen molar-refractivity contribution in [3.63, 3.8) is 0 Å². The van der Waals surface area contributed by atoms with E-state index in [0.29, 0.717) is 23.1 Å². The molecule has 1 atom stereocenters. The molecule has 1 aromatic heterocycles. The monoisotopic (exact) mass is 427 g/mol. The zero-order valence-corrected chi connectivity index (χ0v) is 16.7. The molecule has 0 unspecified atom stereocenters. The fourth-order valence-corrected chi connectivity index (χ4v) is 3.98. The van der Waals surface area contributed by atoms with Crippen LogP contribution in [0.5, 0.6) is 0 Å². The number of likely N-dealkylation sites (N-methyl/N-ethyl adjacent to an activating group) is 1. The number of nitrogens with zero attached hydrogens (tertiary/aromatic N) is 1. The van der Waals surface area contributed by atoms with E-state index in [-0.39, 0.29) is 17.1 Å². The molecular weight excluding hydrogens is 408 g/mol. The molecule has 27 heavy (non-hydrogen) atoms. The van der Waals surface area contributed by atoms with E-state index in [4.69, 9.17) is 4.42 Å². The smallest absolute Gasteiger partial charge is 0.291 e. The van der Waals surface area contributed by atoms with Crippen LogP contribution in [0.25, 0.3) is 11.0 Å². The summed E-state index contributed by atoms with van der Waals surface area (Å²) in [6.45, 7) is 1.32. The van der Waals surface area contributed by atoms with Gasteiger partial charge in [-0.3, -0.25) is 9.59 Å². The van der Waals surface area contributed by atoms with Gasteiger partial charge in [0.15, 0.2) is 5.43 Å². The van der Waals surface area contributed by atoms with Crippen molar-refractivity contribution in [3.05, 3.63) is 80.1 Å². The van der Waals surface area contributed by atoms with Gasteiger partial charge in [-0.2, -0.15) is 0 Å². The molecule has 1 amide bonds. The second kappa shape index (κ2) is 6.94. The van der Waals surface area contributed by atoms with E-state index in [0.717, 1.165) is 16.6 Å². The summed E-state index contributed by atoms with van der Waals surface area (Å²) in [5.41, 5.74) is 1.64. The molecule has 1 aliphatic rings. The molecule has 0 spiro atoms. The lowest BCUT2D eigenvalue weighted by molar-refractivity contribution is -0.857. The lowest BCUT2D eigenvalue weighted by Crippen LogP contribution is -3.06. The molecule has 5 nitrogen and oxygen atoms in total. The number of nitrogens with one attached hydrogen (secondary N) is 1. The van der Waals surface area contributed by atoms with Crippen molar-refractivity contribution < 1.29 is 14.1 Å². The first-order valence-corrected chi connectivity index (χ1v) is 9.68. The molecule has 1 aliphatic heterocycles. The number of hydrogen-bond donors (Lipinski definition) is 1. The molecule has 2 heterocycles. The van der Waals surface area contributed by atoms with Gasteiger partial charge in [0.1, 0.15) is 5.58 Å². The first kappa shape index (κ1) is 17.9. The molecular formula is C21H20BrN2O3+. The molecule has 0 saturated heterocycles. The summed E-state index contributed by atoms with van der Waals surface area (Å²) in [6.07, 6.45) is 0. The standard InChI is InChI=1S/C21H19BrN2O3/c1-23(2)10-11-24-18(13-6-5-7-14(22)12-13)17-19(25)15-8-3-4-9-16(15)27-20(17)21(24)26/h3-9,12,18H,10-11H2,1-2H3/p+1/t18-/m1/s1. The molecule has 138 valence electrons. The van der Waals surface area contributed by atoms with E-state index >= 15 is 0 Å². The average molecular weight is 428 g/mol. The second-order valence-corrected chi connectivity index (χ2v) is 8.00. The third kappa shape index (κ3) is 3.09. The van der Waals surface area contributed by atoms with Crippen LogP contribution in [-0.4, -0.2) is 38.0 Å². The highest BCUT2D eigenvalue weighted by atomic mass is 79.9. The van der Waals surface area contributed by atoms with Crippen molar-refractivity contribution in [1.29, 1.82) is 0 Å². The first-order valence-electron chi connectivity index (χ1n) is 8.88. The molecule has 6 heteroatoms. The Morgan fingerprint density at radius 3 is 2.63 bits per heavy atom. The van der Waals surface area contributed by atoms with Crippen molar-refractivity contribution in [2.45, 2.75) is 6.04 Å². The van der Waals surface area contributed by atoms with Gasteiger partial charge in [0.25, 0.3) is 5.91 Å². The molecule has 3 aromatic rings. The Labute approximate surface area is 165 Å². The van der Waals surface area contributed by atoms with Crippen molar-refractivity contribution >= 4 is 32.8 Å². The Kier molecular flexibility index (Phi) is 4.61. The number of quaternary nitrogens is 1. The minimum atomic E-state index is -0.440. The Morgan fingerprint density at radius 1 is 1.11 bits per heavy atom. The van der Waals surface area contributed by atoms with Crippen LogP contribution in [0.15, 0.2) is 62.2 Å². The molecule has 0 bridgehead atoms. The predicted molar refractivity (Wildman–Crippen MR) is 107 cm³/mol. The van der Waals surface area contributed by atoms with Crippen molar-refractivity contribution in [2.24, 2.45) is 0 Å². The third-order valence-corrected chi connectivity index (χ3v) is 5.38. The average Bonchev–Trinajstić information content (AvgIpc) is 2.93. The molecule has 0 aliphatic carbocycles. The SMILES string of the molecule is C[NH+](C)CCN1C(=O)c2oc3ccccc3c(=O)c2[C@H]1c1cccc(Br)c1. The fraction of sp³-hybridized carbons (Fsp3) is 0.238. The number of amides is 1. The van der Waals surface area contributed by atoms with E-state index in [1.165, 1.54) is 4.90 Å². The molecule has 2 aromatic carbocycles. The van der Waals surface area contributed by atoms with E-state index < -0.39 is 6.04 Å². The maximum Gasteiger partial charge on any atom is 0.291 e. The summed E-state index contributed by atoms with van der Waals surface area (Å²) in [5.74, 6) is -0.0588. The van der Waals surface area contributed by atoms with Crippen LogP contribution in [0.4, 0.5) is 0 Å². The molecule has 0 fully saturated rings. The second-order valence-electron chi connectivity index (χ2n) is 7.08. The maximum absolute atomic E-state index is 13.3. The maximum atomic E-state index is 13.3. The summed E-state index contributed by atoms with van der Waals surface area (Å²) < 4.78 is 6.81. The van der Waals surface area contributed by atoms with Gasteiger partial charge in [0, 0.05) is 4.47 Å². The van der Waals surface area contributed by atoms with Crippen LogP contribution in [0.2, 0.25) is 0 Å². The normalized spacial score (nSPS) is 16.4. The Morgan fingerprint density at radius 2 is 1.89 bits per heavy atom. The summed E-state index contributed by atoms with van der Waals surface area (Å²) in [6, 6.07) is 14.4. The van der Waals surface area contributed by atoms with Crippen LogP contribution in [0.1, 0.15) is 27.7 Å². The van der Waals surface area contributed by atoms with Gasteiger partial charge in [-0.15, -0.1) is 0 Å². The largest absolute Gasteiger partial charge is 0.450 e. The number of carbonyl (C=O) groups excluding carboxylic acids is 1. The number of hydrogen-bond acceptors (Lipinski definition) is 3. The number of para-hydroxylation sites is 1. The lowest BCUT2D eigenvalue weighted by Gasteiger charge is -2.25. The van der Waals surface area contributed by atoms with Crippen LogP contribution in [-0.2, 0) is 0 Å². The fourth-order valence-electron chi connectivity index (χ4n) is 3.57. The lowest BCUT2D eigenvalue weighted by atomic mass is 9.98. The van der Waals surface area contributed by atoms with Gasteiger partial charge in [-0.05, 0) is 29.8 Å². The van der Waals surface area contributed by atoms with Crippen LogP contribution < -0.4 is 10.3 Å². The van der Waals surface area contributed by atoms with Gasteiger partial charge in [-0.1, -0.05) is 40.2 Å². The molecule has 1 N–H and O–H groups in total. The summed E-state index contributed by atoms with van der Waals surface area (Å²) >= 11 is 3.50. The topological polar surface area (TPSA) is 55.0 Å². The summed E-state index contributed by atoms with van der Waals surface area (Å²) in [5, 5.41) is 0.504. The van der Waals surface area contributed by atoms with Crippen LogP contribution in [0.3, 0.4) is 0 Å². The van der Waals surface area contributed by atoms with E-state index in [1.54, 1.807) is 23.1 Å². The zero-order chi connectivity index (χ0) is 19.1. The molecule has 4 rings (SSSR count). The highest BCUT2D eigenvalue weighted by Crippen LogP contribution is 2.38. The quantitative estimate of drug-likeness (QED) is 0.694. The minimum Gasteiger partial charge on any atom is -0.450 e. The Hall–Kier alpha value is -2.44. The number of carbonyl (C=O) groups is 1. The first-order chi connectivity index (χ1) is 13.0. The third-order valence-electron chi connectivity index (χ3n) is 4.89. The predicted octanol–water partition coefficient (Wildman–Crippen LogP) is 2.25. The van der Waals surface area contributed by atoms with Crippen molar-refractivity contribution in [3.8, 4) is 0 Å². The number of fused-ring (bicyclic) bond motifs is 2. The van der Waals surface area contributed by atoms with Crippen molar-refractivity contribution in [2.75, 3.05) is 27.2 Å². The van der Waals surface area contributed by atoms with Gasteiger partial charge >= 0.3 is 0 Å². The summed E-state index contributed by atoms with van der Waals surface area (Å²) in [4.78, 5) is 29.4. The van der Waals surface area contributed by atoms with Gasteiger partial charge < -0.3 is 14.2 Å². The number of benzene rings is 2. The van der Waals surface area contributed by atoms with Gasteiger partial charge in [0.05, 0.1) is 44.2 Å². The minimum absolute atomic E-state index is 0.134. The summed E-state index contributed by atoms with van der Waals surface area (Å²) in [7, 11) is 4.08. The number of rotatable bonds is 4. The highest BCUT2D eigenvalue weighted by molar-refractivity contribution is 9.10. The van der Waals surface area contributed by atoms with E-state index in [9.17, 15) is 9.59 Å². The Bertz CT molecular complexity index is 1090. The van der Waals surface area contributed by atoms with Crippen LogP contribution in [0, 0.1) is 0 Å². The van der Waals surface area contributed by atoms with Crippen molar-refractivity contribution in [1.82, 2.24) is 4.90 Å². The number of halogens is 1. The van der Waals surface area contributed by atoms with Gasteiger partial charge in [-0.25, -0.2) is 0 Å². The van der Waals surface area contributed by atoms with E-state index in [1.807, 2.05) is 44.4 Å². The van der Waals surface area contributed by atoms with E-state index in [2.05, 4.69) is 15.9 Å². The Balaban J connectivity index is 1.94. The molecule has 0 radical (unpaired) electrons. The molecule has 0 saturated carbocycles. The van der Waals surface area contributed by atoms with Gasteiger partial charge in [0.2, 0.25) is 5.76 Å². The highest BCUT2D eigenvalue weighted by Gasteiger charge is 2.42. The zero-order valence-electron chi connectivity index (χ0n) is 15.2.